The molecule has 2 rings (SSSR count). The molecule has 0 atom stereocenters. The fraction of sp³-hybridized carbons (Fsp3) is 0.105. The minimum Gasteiger partial charge on any atom is -0.483 e. The number of benzene rings is 2. The monoisotopic (exact) mass is 369 g/mol. The average molecular weight is 369 g/mol. The molecule has 0 unspecified atom stereocenters. The number of hydrogen-bond donors (Lipinski definition) is 3. The molecule has 2 aromatic rings. The second-order valence-corrected chi connectivity index (χ2v) is 5.62. The van der Waals surface area contributed by atoms with Crippen LogP contribution >= 0.6 is 12.2 Å². The summed E-state index contributed by atoms with van der Waals surface area (Å²) in [5.74, 6) is -0.191. The molecule has 134 valence electrons. The van der Waals surface area contributed by atoms with E-state index in [0.717, 1.165) is 5.56 Å². The molecular weight excluding hydrogens is 350 g/mol. The highest BCUT2D eigenvalue weighted by atomic mass is 32.1. The molecule has 2 amide bonds. The summed E-state index contributed by atoms with van der Waals surface area (Å²) >= 11 is 4.97. The molecule has 0 aliphatic rings. The van der Waals surface area contributed by atoms with Gasteiger partial charge in [-0.25, -0.2) is 0 Å². The topological polar surface area (TPSA) is 79.5 Å². The number of hydrogen-bond acceptors (Lipinski definition) is 4. The summed E-state index contributed by atoms with van der Waals surface area (Å²) in [5.41, 5.74) is 6.24. The van der Waals surface area contributed by atoms with E-state index in [9.17, 15) is 9.59 Å². The van der Waals surface area contributed by atoms with Gasteiger partial charge in [0.15, 0.2) is 11.7 Å². The van der Waals surface area contributed by atoms with E-state index in [4.69, 9.17) is 17.0 Å². The lowest BCUT2D eigenvalue weighted by Crippen LogP contribution is -2.49. The SMILES string of the molecule is C=CCc1ccccc1OCC(=O)NNC(=S)NC(=O)c1ccccc1. The van der Waals surface area contributed by atoms with E-state index in [-0.39, 0.29) is 17.6 Å². The zero-order valence-corrected chi connectivity index (χ0v) is 14.8. The van der Waals surface area contributed by atoms with Crippen molar-refractivity contribution in [2.24, 2.45) is 0 Å². The molecule has 7 heteroatoms. The Morgan fingerprint density at radius 2 is 1.73 bits per heavy atom. The predicted octanol–water partition coefficient (Wildman–Crippen LogP) is 2.13. The van der Waals surface area contributed by atoms with Crippen molar-refractivity contribution < 1.29 is 14.3 Å². The summed E-state index contributed by atoms with van der Waals surface area (Å²) in [6.45, 7) is 3.49. The Bertz CT molecular complexity index is 794. The summed E-state index contributed by atoms with van der Waals surface area (Å²) in [6, 6.07) is 16.0. The minimum atomic E-state index is -0.435. The lowest BCUT2D eigenvalue weighted by Gasteiger charge is -2.12. The summed E-state index contributed by atoms with van der Waals surface area (Å²) in [6.07, 6.45) is 2.41. The molecule has 0 saturated heterocycles. The van der Waals surface area contributed by atoms with Crippen LogP contribution in [0.2, 0.25) is 0 Å². The summed E-state index contributed by atoms with van der Waals surface area (Å²) in [5, 5.41) is 2.45. The van der Waals surface area contributed by atoms with Gasteiger partial charge < -0.3 is 4.74 Å². The van der Waals surface area contributed by atoms with Crippen molar-refractivity contribution in [3.63, 3.8) is 0 Å². The number of allylic oxidation sites excluding steroid dienone is 1. The molecule has 0 fully saturated rings. The molecule has 0 spiro atoms. The van der Waals surface area contributed by atoms with Gasteiger partial charge in [-0.1, -0.05) is 42.5 Å². The number of para-hydroxylation sites is 1. The molecular formula is C19H19N3O3S. The van der Waals surface area contributed by atoms with Gasteiger partial charge in [0.2, 0.25) is 0 Å². The number of hydrazine groups is 1. The summed E-state index contributed by atoms with van der Waals surface area (Å²) in [4.78, 5) is 23.8. The van der Waals surface area contributed by atoms with Crippen LogP contribution in [0.1, 0.15) is 15.9 Å². The molecule has 0 saturated carbocycles. The zero-order valence-electron chi connectivity index (χ0n) is 14.0. The van der Waals surface area contributed by atoms with Gasteiger partial charge in [-0.2, -0.15) is 0 Å². The Morgan fingerprint density at radius 1 is 1.04 bits per heavy atom. The highest BCUT2D eigenvalue weighted by molar-refractivity contribution is 7.80. The van der Waals surface area contributed by atoms with Crippen molar-refractivity contribution in [2.75, 3.05) is 6.61 Å². The van der Waals surface area contributed by atoms with E-state index < -0.39 is 5.91 Å². The van der Waals surface area contributed by atoms with Crippen LogP contribution in [0.3, 0.4) is 0 Å². The van der Waals surface area contributed by atoms with Crippen LogP contribution in [0.4, 0.5) is 0 Å². The maximum atomic E-state index is 11.9. The highest BCUT2D eigenvalue weighted by Gasteiger charge is 2.09. The molecule has 0 radical (unpaired) electrons. The van der Waals surface area contributed by atoms with Gasteiger partial charge in [0.25, 0.3) is 11.8 Å². The summed E-state index contributed by atoms with van der Waals surface area (Å²) < 4.78 is 5.50. The third-order valence-electron chi connectivity index (χ3n) is 3.27. The van der Waals surface area contributed by atoms with Crippen LogP contribution in [0.5, 0.6) is 5.75 Å². The Morgan fingerprint density at radius 3 is 2.46 bits per heavy atom. The van der Waals surface area contributed by atoms with Gasteiger partial charge >= 0.3 is 0 Å². The van der Waals surface area contributed by atoms with Gasteiger partial charge in [0.1, 0.15) is 5.75 Å². The third kappa shape index (κ3) is 6.03. The maximum Gasteiger partial charge on any atom is 0.276 e. The molecule has 0 aromatic heterocycles. The number of amides is 2. The van der Waals surface area contributed by atoms with E-state index in [0.29, 0.717) is 17.7 Å². The number of rotatable bonds is 6. The van der Waals surface area contributed by atoms with Gasteiger partial charge in [-0.15, -0.1) is 6.58 Å². The van der Waals surface area contributed by atoms with E-state index in [1.165, 1.54) is 0 Å². The first-order valence-electron chi connectivity index (χ1n) is 7.87. The van der Waals surface area contributed by atoms with E-state index in [2.05, 4.69) is 22.7 Å². The smallest absolute Gasteiger partial charge is 0.276 e. The number of thiocarbonyl (C=S) groups is 1. The standard InChI is InChI=1S/C19H19N3O3S/c1-2-8-14-9-6-7-12-16(14)25-13-17(23)21-22-19(26)20-18(24)15-10-4-3-5-11-15/h2-7,9-12H,1,8,13H2,(H,21,23)(H2,20,22,24,26). The molecule has 6 nitrogen and oxygen atoms in total. The van der Waals surface area contributed by atoms with E-state index in [1.54, 1.807) is 42.5 Å². The highest BCUT2D eigenvalue weighted by Crippen LogP contribution is 2.18. The van der Waals surface area contributed by atoms with Crippen molar-refractivity contribution in [3.05, 3.63) is 78.4 Å². The van der Waals surface area contributed by atoms with Crippen LogP contribution in [0.25, 0.3) is 0 Å². The van der Waals surface area contributed by atoms with E-state index in [1.807, 2.05) is 18.2 Å². The van der Waals surface area contributed by atoms with Crippen LogP contribution in [-0.2, 0) is 11.2 Å². The minimum absolute atomic E-state index is 0.0146. The normalized spacial score (nSPS) is 9.69. The summed E-state index contributed by atoms with van der Waals surface area (Å²) in [7, 11) is 0. The lowest BCUT2D eigenvalue weighted by molar-refractivity contribution is -0.123. The number of carbonyl (C=O) groups excluding carboxylic acids is 2. The van der Waals surface area contributed by atoms with Crippen LogP contribution in [-0.4, -0.2) is 23.5 Å². The second kappa shape index (κ2) is 9.95. The first kappa shape index (κ1) is 19.1. The molecule has 2 aromatic carbocycles. The zero-order chi connectivity index (χ0) is 18.8. The van der Waals surface area contributed by atoms with Crippen LogP contribution in [0.15, 0.2) is 67.3 Å². The van der Waals surface area contributed by atoms with Crippen molar-refractivity contribution >= 4 is 29.1 Å². The Hall–Kier alpha value is -3.19. The Labute approximate surface area is 157 Å². The predicted molar refractivity (Wildman–Crippen MR) is 104 cm³/mol. The van der Waals surface area contributed by atoms with Gasteiger partial charge in [-0.05, 0) is 42.4 Å². The third-order valence-corrected chi connectivity index (χ3v) is 3.48. The molecule has 0 bridgehead atoms. The fourth-order valence-electron chi connectivity index (χ4n) is 2.07. The van der Waals surface area contributed by atoms with Crippen molar-refractivity contribution in [2.45, 2.75) is 6.42 Å². The molecule has 0 aliphatic heterocycles. The lowest BCUT2D eigenvalue weighted by atomic mass is 10.1. The number of nitrogens with one attached hydrogen (secondary N) is 3. The number of ether oxygens (including phenoxy) is 1. The van der Waals surface area contributed by atoms with Gasteiger partial charge in [-0.3, -0.25) is 25.8 Å². The largest absolute Gasteiger partial charge is 0.483 e. The fourth-order valence-corrected chi connectivity index (χ4v) is 2.21. The molecule has 0 heterocycles. The first-order chi connectivity index (χ1) is 12.6. The second-order valence-electron chi connectivity index (χ2n) is 5.21. The Balaban J connectivity index is 1.75. The van der Waals surface area contributed by atoms with Crippen LogP contribution in [0, 0.1) is 0 Å². The van der Waals surface area contributed by atoms with E-state index >= 15 is 0 Å². The van der Waals surface area contributed by atoms with Crippen LogP contribution < -0.4 is 20.9 Å². The van der Waals surface area contributed by atoms with Crippen molar-refractivity contribution in [1.82, 2.24) is 16.2 Å². The average Bonchev–Trinajstić information content (AvgIpc) is 2.66. The Kier molecular flexibility index (Phi) is 7.32. The van der Waals surface area contributed by atoms with Crippen molar-refractivity contribution in [3.8, 4) is 5.75 Å². The molecule has 3 N–H and O–H groups in total. The number of carbonyl (C=O) groups is 2. The molecule has 26 heavy (non-hydrogen) atoms. The van der Waals surface area contributed by atoms with Gasteiger partial charge in [0, 0.05) is 5.56 Å². The van der Waals surface area contributed by atoms with Crippen molar-refractivity contribution in [1.29, 1.82) is 0 Å². The van der Waals surface area contributed by atoms with Gasteiger partial charge in [0.05, 0.1) is 0 Å². The quantitative estimate of drug-likeness (QED) is 0.413. The first-order valence-corrected chi connectivity index (χ1v) is 8.28. The maximum absolute atomic E-state index is 11.9. The molecule has 0 aliphatic carbocycles.